The van der Waals surface area contributed by atoms with Gasteiger partial charge in [-0.05, 0) is 56.1 Å². The topological polar surface area (TPSA) is 44.5 Å². The van der Waals surface area contributed by atoms with Gasteiger partial charge in [0.2, 0.25) is 0 Å². The van der Waals surface area contributed by atoms with Crippen LogP contribution in [0.4, 0.5) is 5.69 Å². The third-order valence-electron chi connectivity index (χ3n) is 2.70. The fraction of sp³-hybridized carbons (Fsp3) is 0.143. The standard InChI is InChI=1S/C14H12Br3NO2/c1-19-13-5-11(17)14(6-10(13)16)20-7-8-2-3-9(15)4-12(8)18/h2-6H,7,18H2,1H3. The van der Waals surface area contributed by atoms with Crippen LogP contribution < -0.4 is 15.2 Å². The molecule has 0 aliphatic rings. The van der Waals surface area contributed by atoms with Crippen LogP contribution in [0.1, 0.15) is 5.56 Å². The molecule has 0 aromatic heterocycles. The second-order valence-electron chi connectivity index (χ2n) is 4.05. The number of nitrogens with two attached hydrogens (primary N) is 1. The van der Waals surface area contributed by atoms with Gasteiger partial charge in [-0.25, -0.2) is 0 Å². The van der Waals surface area contributed by atoms with Crippen LogP contribution in [-0.2, 0) is 6.61 Å². The van der Waals surface area contributed by atoms with Gasteiger partial charge in [-0.15, -0.1) is 0 Å². The summed E-state index contributed by atoms with van der Waals surface area (Å²) < 4.78 is 13.6. The minimum atomic E-state index is 0.399. The number of rotatable bonds is 4. The quantitative estimate of drug-likeness (QED) is 0.635. The van der Waals surface area contributed by atoms with E-state index in [1.165, 1.54) is 0 Å². The van der Waals surface area contributed by atoms with Crippen LogP contribution in [0.5, 0.6) is 11.5 Å². The van der Waals surface area contributed by atoms with E-state index >= 15 is 0 Å². The molecule has 3 nitrogen and oxygen atoms in total. The summed E-state index contributed by atoms with van der Waals surface area (Å²) in [5.74, 6) is 1.47. The molecule has 0 saturated heterocycles. The van der Waals surface area contributed by atoms with Crippen molar-refractivity contribution in [2.45, 2.75) is 6.61 Å². The van der Waals surface area contributed by atoms with Gasteiger partial charge in [0.25, 0.3) is 0 Å². The molecule has 6 heteroatoms. The van der Waals surface area contributed by atoms with Crippen LogP contribution in [0.25, 0.3) is 0 Å². The first kappa shape index (κ1) is 15.7. The number of ether oxygens (including phenoxy) is 2. The first-order chi connectivity index (χ1) is 9.51. The largest absolute Gasteiger partial charge is 0.496 e. The van der Waals surface area contributed by atoms with Gasteiger partial charge in [0.15, 0.2) is 0 Å². The Hall–Kier alpha value is -0.720. The molecular weight excluding hydrogens is 454 g/mol. The summed E-state index contributed by atoms with van der Waals surface area (Å²) in [4.78, 5) is 0. The van der Waals surface area contributed by atoms with E-state index in [0.717, 1.165) is 30.5 Å². The number of benzene rings is 2. The minimum Gasteiger partial charge on any atom is -0.496 e. The molecule has 2 aromatic rings. The van der Waals surface area contributed by atoms with E-state index < -0.39 is 0 Å². The highest BCUT2D eigenvalue weighted by Gasteiger charge is 2.09. The van der Waals surface area contributed by atoms with Crippen molar-refractivity contribution in [2.75, 3.05) is 12.8 Å². The lowest BCUT2D eigenvalue weighted by molar-refractivity contribution is 0.303. The minimum absolute atomic E-state index is 0.399. The van der Waals surface area contributed by atoms with E-state index in [1.54, 1.807) is 7.11 Å². The Morgan fingerprint density at radius 3 is 2.30 bits per heavy atom. The molecule has 0 bridgehead atoms. The van der Waals surface area contributed by atoms with E-state index in [4.69, 9.17) is 15.2 Å². The summed E-state index contributed by atoms with van der Waals surface area (Å²) >= 11 is 10.3. The molecule has 0 unspecified atom stereocenters. The molecule has 0 aliphatic carbocycles. The zero-order valence-corrected chi connectivity index (χ0v) is 15.4. The summed E-state index contributed by atoms with van der Waals surface area (Å²) in [6, 6.07) is 9.44. The van der Waals surface area contributed by atoms with Crippen LogP contribution >= 0.6 is 47.8 Å². The van der Waals surface area contributed by atoms with Crippen molar-refractivity contribution in [3.05, 3.63) is 49.3 Å². The molecule has 0 radical (unpaired) electrons. The molecule has 0 heterocycles. The Balaban J connectivity index is 2.16. The second kappa shape index (κ2) is 6.83. The maximum absolute atomic E-state index is 5.95. The average Bonchev–Trinajstić information content (AvgIpc) is 2.41. The lowest BCUT2D eigenvalue weighted by Gasteiger charge is -2.12. The van der Waals surface area contributed by atoms with Crippen molar-refractivity contribution in [2.24, 2.45) is 0 Å². The maximum Gasteiger partial charge on any atom is 0.135 e. The van der Waals surface area contributed by atoms with Gasteiger partial charge in [-0.1, -0.05) is 22.0 Å². The predicted octanol–water partition coefficient (Wildman–Crippen LogP) is 5.14. The van der Waals surface area contributed by atoms with Crippen LogP contribution in [0.15, 0.2) is 43.7 Å². The van der Waals surface area contributed by atoms with Gasteiger partial charge in [0, 0.05) is 15.7 Å². The van der Waals surface area contributed by atoms with Crippen LogP contribution in [0.3, 0.4) is 0 Å². The smallest absolute Gasteiger partial charge is 0.135 e. The van der Waals surface area contributed by atoms with E-state index in [0.29, 0.717) is 12.3 Å². The molecule has 20 heavy (non-hydrogen) atoms. The van der Waals surface area contributed by atoms with E-state index in [-0.39, 0.29) is 0 Å². The highest BCUT2D eigenvalue weighted by molar-refractivity contribution is 9.11. The van der Waals surface area contributed by atoms with E-state index in [1.807, 2.05) is 30.3 Å². The average molecular weight is 466 g/mol. The van der Waals surface area contributed by atoms with Gasteiger partial charge < -0.3 is 15.2 Å². The molecule has 0 amide bonds. The number of anilines is 1. The zero-order chi connectivity index (χ0) is 14.7. The molecule has 0 fully saturated rings. The summed E-state index contributed by atoms with van der Waals surface area (Å²) in [6.07, 6.45) is 0. The van der Waals surface area contributed by atoms with E-state index in [2.05, 4.69) is 47.8 Å². The molecule has 2 rings (SSSR count). The lowest BCUT2D eigenvalue weighted by Crippen LogP contribution is -2.01. The van der Waals surface area contributed by atoms with Gasteiger partial charge in [-0.2, -0.15) is 0 Å². The summed E-state index contributed by atoms with van der Waals surface area (Å²) in [6.45, 7) is 0.399. The Bertz CT molecular complexity index is 632. The zero-order valence-electron chi connectivity index (χ0n) is 10.6. The number of hydrogen-bond donors (Lipinski definition) is 1. The van der Waals surface area contributed by atoms with Crippen molar-refractivity contribution in [1.82, 2.24) is 0 Å². The maximum atomic E-state index is 5.95. The third kappa shape index (κ3) is 3.68. The summed E-state index contributed by atoms with van der Waals surface area (Å²) in [5.41, 5.74) is 7.58. The number of nitrogen functional groups attached to an aromatic ring is 1. The first-order valence-electron chi connectivity index (χ1n) is 5.71. The van der Waals surface area contributed by atoms with Crippen LogP contribution in [0.2, 0.25) is 0 Å². The number of hydrogen-bond acceptors (Lipinski definition) is 3. The predicted molar refractivity (Wildman–Crippen MR) is 91.3 cm³/mol. The Morgan fingerprint density at radius 1 is 1.00 bits per heavy atom. The fourth-order valence-corrected chi connectivity index (χ4v) is 2.93. The first-order valence-corrected chi connectivity index (χ1v) is 8.09. The molecule has 0 spiro atoms. The number of methoxy groups -OCH3 is 1. The van der Waals surface area contributed by atoms with Crippen molar-refractivity contribution in [3.63, 3.8) is 0 Å². The third-order valence-corrected chi connectivity index (χ3v) is 4.43. The second-order valence-corrected chi connectivity index (χ2v) is 6.67. The highest BCUT2D eigenvalue weighted by Crippen LogP contribution is 2.36. The Kier molecular flexibility index (Phi) is 5.35. The van der Waals surface area contributed by atoms with Crippen LogP contribution in [0, 0.1) is 0 Å². The normalized spacial score (nSPS) is 10.4. The Morgan fingerprint density at radius 2 is 1.65 bits per heavy atom. The van der Waals surface area contributed by atoms with E-state index in [9.17, 15) is 0 Å². The fourth-order valence-electron chi connectivity index (χ4n) is 1.63. The molecule has 2 aromatic carbocycles. The van der Waals surface area contributed by atoms with Crippen LogP contribution in [-0.4, -0.2) is 7.11 Å². The molecule has 0 aliphatic heterocycles. The summed E-state index contributed by atoms with van der Waals surface area (Å²) in [7, 11) is 1.62. The van der Waals surface area contributed by atoms with Crippen molar-refractivity contribution in [1.29, 1.82) is 0 Å². The van der Waals surface area contributed by atoms with Gasteiger partial charge in [0.1, 0.15) is 18.1 Å². The van der Waals surface area contributed by atoms with Crippen molar-refractivity contribution < 1.29 is 9.47 Å². The molecule has 2 N–H and O–H groups in total. The highest BCUT2D eigenvalue weighted by atomic mass is 79.9. The van der Waals surface area contributed by atoms with Crippen molar-refractivity contribution >= 4 is 53.5 Å². The van der Waals surface area contributed by atoms with Gasteiger partial charge in [0.05, 0.1) is 16.1 Å². The molecule has 0 saturated carbocycles. The van der Waals surface area contributed by atoms with Crippen molar-refractivity contribution in [3.8, 4) is 11.5 Å². The molecular formula is C14H12Br3NO2. The number of halogens is 3. The lowest BCUT2D eigenvalue weighted by atomic mass is 10.2. The Labute approximate surface area is 142 Å². The van der Waals surface area contributed by atoms with Gasteiger partial charge >= 0.3 is 0 Å². The SMILES string of the molecule is COc1cc(Br)c(OCc2ccc(Br)cc2N)cc1Br. The van der Waals surface area contributed by atoms with Gasteiger partial charge in [-0.3, -0.25) is 0 Å². The molecule has 106 valence electrons. The molecule has 0 atom stereocenters. The summed E-state index contributed by atoms with van der Waals surface area (Å²) in [5, 5.41) is 0. The monoisotopic (exact) mass is 463 g/mol.